The van der Waals surface area contributed by atoms with Gasteiger partial charge in [0.2, 0.25) is 0 Å². The van der Waals surface area contributed by atoms with E-state index in [-0.39, 0.29) is 0 Å². The van der Waals surface area contributed by atoms with Gasteiger partial charge in [-0.25, -0.2) is 0 Å². The molecule has 0 aliphatic carbocycles. The summed E-state index contributed by atoms with van der Waals surface area (Å²) in [7, 11) is 1.98. The molecule has 2 nitrogen and oxygen atoms in total. The van der Waals surface area contributed by atoms with Crippen LogP contribution in [-0.4, -0.2) is 7.05 Å². The fourth-order valence-corrected chi connectivity index (χ4v) is 4.23. The van der Waals surface area contributed by atoms with Gasteiger partial charge in [0, 0.05) is 29.1 Å². The second-order valence-corrected chi connectivity index (χ2v) is 7.08. The molecule has 0 atom stereocenters. The number of thiophene rings is 1. The first-order valence-corrected chi connectivity index (χ1v) is 8.98. The van der Waals surface area contributed by atoms with Gasteiger partial charge in [-0.1, -0.05) is 36.9 Å². The van der Waals surface area contributed by atoms with E-state index in [0.29, 0.717) is 0 Å². The minimum absolute atomic E-state index is 0.898. The van der Waals surface area contributed by atoms with Crippen LogP contribution >= 0.6 is 11.3 Å². The Bertz CT molecular complexity index is 937. The number of fused-ring (bicyclic) bond motifs is 3. The molecular formula is C21H20N2S. The zero-order valence-electron chi connectivity index (χ0n) is 13.9. The van der Waals surface area contributed by atoms with Crippen molar-refractivity contribution in [2.75, 3.05) is 12.4 Å². The minimum Gasteiger partial charge on any atom is -0.354 e. The monoisotopic (exact) mass is 332 g/mol. The molecule has 0 saturated heterocycles. The Morgan fingerprint density at radius 1 is 1.12 bits per heavy atom. The van der Waals surface area contributed by atoms with Gasteiger partial charge >= 0.3 is 0 Å². The van der Waals surface area contributed by atoms with E-state index in [4.69, 9.17) is 0 Å². The summed E-state index contributed by atoms with van der Waals surface area (Å²) in [4.78, 5) is 1.23. The SMILES string of the molecule is C=C1Nc2cccc(-c3ccc(CNC)c(C)c3)c2-c2ccsc21. The van der Waals surface area contributed by atoms with Crippen molar-refractivity contribution in [3.63, 3.8) is 0 Å². The van der Waals surface area contributed by atoms with E-state index in [1.165, 1.54) is 38.3 Å². The fraction of sp³-hybridized carbons (Fsp3) is 0.143. The maximum Gasteiger partial charge on any atom is 0.0578 e. The lowest BCUT2D eigenvalue weighted by Gasteiger charge is -2.23. The summed E-state index contributed by atoms with van der Waals surface area (Å²) in [6.45, 7) is 7.25. The predicted octanol–water partition coefficient (Wildman–Crippen LogP) is 5.51. The van der Waals surface area contributed by atoms with Crippen LogP contribution in [-0.2, 0) is 6.54 Å². The highest BCUT2D eigenvalue weighted by Gasteiger charge is 2.22. The quantitative estimate of drug-likeness (QED) is 0.661. The first-order valence-electron chi connectivity index (χ1n) is 8.10. The van der Waals surface area contributed by atoms with Gasteiger partial charge in [0.25, 0.3) is 0 Å². The predicted molar refractivity (Wildman–Crippen MR) is 105 cm³/mol. The standard InChI is InChI=1S/C21H20N2S/c1-13-11-15(7-8-16(13)12-22-3)17-5-4-6-19-20(17)18-9-10-24-21(18)14(2)23-19/h4-11,22-23H,2,12H2,1,3H3. The van der Waals surface area contributed by atoms with Crippen LogP contribution in [0, 0.1) is 6.92 Å². The molecule has 1 aliphatic heterocycles. The molecule has 1 aromatic heterocycles. The average molecular weight is 332 g/mol. The highest BCUT2D eigenvalue weighted by atomic mass is 32.1. The van der Waals surface area contributed by atoms with E-state index in [9.17, 15) is 0 Å². The summed E-state index contributed by atoms with van der Waals surface area (Å²) < 4.78 is 0. The lowest BCUT2D eigenvalue weighted by Crippen LogP contribution is -2.07. The van der Waals surface area contributed by atoms with Crippen molar-refractivity contribution in [1.82, 2.24) is 5.32 Å². The maximum atomic E-state index is 4.17. The molecule has 2 heterocycles. The van der Waals surface area contributed by atoms with Crippen molar-refractivity contribution in [2.24, 2.45) is 0 Å². The summed E-state index contributed by atoms with van der Waals surface area (Å²) in [5.74, 6) is 0. The molecule has 120 valence electrons. The van der Waals surface area contributed by atoms with Crippen LogP contribution in [0.25, 0.3) is 28.0 Å². The van der Waals surface area contributed by atoms with Gasteiger partial charge in [-0.2, -0.15) is 0 Å². The first-order chi connectivity index (χ1) is 11.7. The number of hydrogen-bond acceptors (Lipinski definition) is 3. The molecule has 1 aliphatic rings. The Balaban J connectivity index is 1.89. The van der Waals surface area contributed by atoms with E-state index < -0.39 is 0 Å². The summed E-state index contributed by atoms with van der Waals surface area (Å²) in [6, 6.07) is 15.4. The number of aryl methyl sites for hydroxylation is 1. The number of hydrogen-bond donors (Lipinski definition) is 2. The van der Waals surface area contributed by atoms with Crippen LogP contribution in [0.2, 0.25) is 0 Å². The molecule has 0 unspecified atom stereocenters. The third kappa shape index (κ3) is 2.37. The number of nitrogens with one attached hydrogen (secondary N) is 2. The molecule has 2 aromatic carbocycles. The number of rotatable bonds is 3. The molecule has 0 amide bonds. The van der Waals surface area contributed by atoms with Crippen LogP contribution in [0.3, 0.4) is 0 Å². The van der Waals surface area contributed by atoms with Crippen molar-refractivity contribution in [3.05, 3.63) is 70.4 Å². The van der Waals surface area contributed by atoms with E-state index in [0.717, 1.165) is 17.9 Å². The van der Waals surface area contributed by atoms with Gasteiger partial charge < -0.3 is 10.6 Å². The third-order valence-corrected chi connectivity index (χ3v) is 5.55. The Kier molecular flexibility index (Phi) is 3.75. The lowest BCUT2D eigenvalue weighted by molar-refractivity contribution is 0.812. The van der Waals surface area contributed by atoms with Crippen molar-refractivity contribution in [2.45, 2.75) is 13.5 Å². The lowest BCUT2D eigenvalue weighted by atomic mass is 9.89. The van der Waals surface area contributed by atoms with Gasteiger partial charge in [-0.05, 0) is 53.7 Å². The van der Waals surface area contributed by atoms with Gasteiger partial charge in [0.1, 0.15) is 0 Å². The highest BCUT2D eigenvalue weighted by molar-refractivity contribution is 7.11. The second-order valence-electron chi connectivity index (χ2n) is 6.17. The molecular weight excluding hydrogens is 312 g/mol. The molecule has 4 rings (SSSR count). The summed E-state index contributed by atoms with van der Waals surface area (Å²) >= 11 is 1.74. The fourth-order valence-electron chi connectivity index (χ4n) is 3.40. The topological polar surface area (TPSA) is 24.1 Å². The molecule has 3 heteroatoms. The van der Waals surface area contributed by atoms with Crippen LogP contribution in [0.1, 0.15) is 16.0 Å². The van der Waals surface area contributed by atoms with E-state index in [2.05, 4.69) is 72.0 Å². The van der Waals surface area contributed by atoms with Crippen LogP contribution in [0.4, 0.5) is 5.69 Å². The second kappa shape index (κ2) is 5.93. The zero-order chi connectivity index (χ0) is 16.7. The minimum atomic E-state index is 0.898. The Morgan fingerprint density at radius 2 is 2.00 bits per heavy atom. The van der Waals surface area contributed by atoms with Crippen LogP contribution in [0.5, 0.6) is 0 Å². The summed E-state index contributed by atoms with van der Waals surface area (Å²) in [6.07, 6.45) is 0. The summed E-state index contributed by atoms with van der Waals surface area (Å²) in [5, 5.41) is 8.84. The largest absolute Gasteiger partial charge is 0.354 e. The van der Waals surface area contributed by atoms with E-state index in [1.54, 1.807) is 11.3 Å². The van der Waals surface area contributed by atoms with E-state index >= 15 is 0 Å². The molecule has 24 heavy (non-hydrogen) atoms. The van der Waals surface area contributed by atoms with Crippen molar-refractivity contribution >= 4 is 22.7 Å². The molecule has 0 fully saturated rings. The zero-order valence-corrected chi connectivity index (χ0v) is 14.8. The van der Waals surface area contributed by atoms with Gasteiger partial charge in [-0.3, -0.25) is 0 Å². The van der Waals surface area contributed by atoms with Crippen molar-refractivity contribution in [1.29, 1.82) is 0 Å². The molecule has 0 saturated carbocycles. The van der Waals surface area contributed by atoms with Crippen molar-refractivity contribution in [3.8, 4) is 22.3 Å². The normalized spacial score (nSPS) is 12.5. The van der Waals surface area contributed by atoms with Crippen LogP contribution < -0.4 is 10.6 Å². The molecule has 2 N–H and O–H groups in total. The molecule has 0 bridgehead atoms. The average Bonchev–Trinajstić information content (AvgIpc) is 3.07. The Morgan fingerprint density at radius 3 is 2.79 bits per heavy atom. The van der Waals surface area contributed by atoms with Crippen LogP contribution in [0.15, 0.2) is 54.4 Å². The van der Waals surface area contributed by atoms with Gasteiger partial charge in [0.05, 0.1) is 4.88 Å². The summed E-state index contributed by atoms with van der Waals surface area (Å²) in [5.41, 5.74) is 9.88. The number of anilines is 1. The van der Waals surface area contributed by atoms with Gasteiger partial charge in [0.15, 0.2) is 0 Å². The Hall–Kier alpha value is -2.36. The number of benzene rings is 2. The molecule has 0 radical (unpaired) electrons. The van der Waals surface area contributed by atoms with Crippen molar-refractivity contribution < 1.29 is 0 Å². The maximum absolute atomic E-state index is 4.17. The Labute approximate surface area is 146 Å². The highest BCUT2D eigenvalue weighted by Crippen LogP contribution is 2.47. The first kappa shape index (κ1) is 15.2. The third-order valence-electron chi connectivity index (χ3n) is 4.58. The van der Waals surface area contributed by atoms with E-state index in [1.807, 2.05) is 7.05 Å². The smallest absolute Gasteiger partial charge is 0.0578 e. The molecule has 0 spiro atoms. The molecule has 3 aromatic rings. The van der Waals surface area contributed by atoms with Gasteiger partial charge in [-0.15, -0.1) is 11.3 Å².